The van der Waals surface area contributed by atoms with Gasteiger partial charge in [-0.15, -0.1) is 0 Å². The summed E-state index contributed by atoms with van der Waals surface area (Å²) in [6, 6.07) is 0. The average molecular weight is 185 g/mol. The van der Waals surface area contributed by atoms with E-state index >= 15 is 0 Å². The Hall–Kier alpha value is -0.940. The smallest absolute Gasteiger partial charge is 0.254 e. The van der Waals surface area contributed by atoms with Crippen LogP contribution in [0.5, 0.6) is 0 Å². The summed E-state index contributed by atoms with van der Waals surface area (Å²) in [6.07, 6.45) is 3.14. The molecule has 0 aliphatic heterocycles. The summed E-state index contributed by atoms with van der Waals surface area (Å²) in [7, 11) is 0. The molecule has 0 radical (unpaired) electrons. The molecular weight excluding hydrogens is 174 g/mol. The van der Waals surface area contributed by atoms with Gasteiger partial charge < -0.3 is 10.7 Å². The molecule has 0 aliphatic carbocycles. The summed E-state index contributed by atoms with van der Waals surface area (Å²) in [6.45, 7) is 0.592. The highest BCUT2D eigenvalue weighted by molar-refractivity contribution is 7.71. The minimum absolute atomic E-state index is 0.118. The lowest BCUT2D eigenvalue weighted by Crippen LogP contribution is -2.14. The van der Waals surface area contributed by atoms with Crippen molar-refractivity contribution in [3.63, 3.8) is 0 Å². The van der Waals surface area contributed by atoms with Gasteiger partial charge in [0.1, 0.15) is 0 Å². The van der Waals surface area contributed by atoms with Crippen LogP contribution in [0.2, 0.25) is 0 Å². The molecule has 0 aromatic carbocycles. The van der Waals surface area contributed by atoms with Gasteiger partial charge in [0.25, 0.3) is 5.56 Å². The van der Waals surface area contributed by atoms with Crippen LogP contribution in [0, 0.1) is 4.77 Å². The molecule has 0 bridgehead atoms. The predicted octanol–water partition coefficient (Wildman–Crippen LogP) is 0.324. The largest absolute Gasteiger partial charge is 0.338 e. The summed E-state index contributed by atoms with van der Waals surface area (Å²) < 4.78 is 0.358. The summed E-state index contributed by atoms with van der Waals surface area (Å²) in [5, 5.41) is 0. The standard InChI is InChI=1S/C7H11N3OS/c8-3-1-2-5-4-9-7(12)10-6(5)11/h4H,1-3,8H2,(H2,9,10,11,12). The molecule has 5 heteroatoms. The van der Waals surface area contributed by atoms with E-state index in [0.717, 1.165) is 6.42 Å². The number of aromatic amines is 2. The highest BCUT2D eigenvalue weighted by Gasteiger charge is 1.96. The van der Waals surface area contributed by atoms with E-state index in [4.69, 9.17) is 18.0 Å². The van der Waals surface area contributed by atoms with Crippen molar-refractivity contribution in [3.05, 3.63) is 26.9 Å². The van der Waals surface area contributed by atoms with Gasteiger partial charge >= 0.3 is 0 Å². The molecule has 12 heavy (non-hydrogen) atoms. The third-order valence-corrected chi connectivity index (χ3v) is 1.77. The van der Waals surface area contributed by atoms with Gasteiger partial charge in [-0.3, -0.25) is 9.78 Å². The molecule has 0 saturated carbocycles. The molecule has 4 nitrogen and oxygen atoms in total. The summed E-state index contributed by atoms with van der Waals surface area (Å²) in [4.78, 5) is 16.4. The summed E-state index contributed by atoms with van der Waals surface area (Å²) in [5.74, 6) is 0. The number of aromatic nitrogens is 2. The van der Waals surface area contributed by atoms with Crippen LogP contribution in [0.15, 0.2) is 11.0 Å². The van der Waals surface area contributed by atoms with Crippen LogP contribution in [0.25, 0.3) is 0 Å². The maximum Gasteiger partial charge on any atom is 0.254 e. The van der Waals surface area contributed by atoms with Crippen molar-refractivity contribution in [2.24, 2.45) is 5.73 Å². The van der Waals surface area contributed by atoms with Crippen molar-refractivity contribution in [2.45, 2.75) is 12.8 Å². The van der Waals surface area contributed by atoms with Gasteiger partial charge in [0, 0.05) is 11.8 Å². The van der Waals surface area contributed by atoms with Crippen LogP contribution in [0.3, 0.4) is 0 Å². The SMILES string of the molecule is NCCCc1c[nH]c(=S)[nH]c1=O. The van der Waals surface area contributed by atoms with Gasteiger partial charge in [-0.2, -0.15) is 0 Å². The lowest BCUT2D eigenvalue weighted by Gasteiger charge is -1.96. The van der Waals surface area contributed by atoms with E-state index in [1.54, 1.807) is 6.20 Å². The number of rotatable bonds is 3. The second-order valence-corrected chi connectivity index (χ2v) is 2.90. The molecule has 1 rings (SSSR count). The van der Waals surface area contributed by atoms with Crippen molar-refractivity contribution in [1.29, 1.82) is 0 Å². The second kappa shape index (κ2) is 4.18. The predicted molar refractivity (Wildman–Crippen MR) is 49.6 cm³/mol. The lowest BCUT2D eigenvalue weighted by molar-refractivity contribution is 0.813. The Balaban J connectivity index is 2.87. The molecule has 4 N–H and O–H groups in total. The molecule has 1 aromatic rings. The molecule has 66 valence electrons. The molecule has 0 aliphatic rings. The first-order chi connectivity index (χ1) is 5.74. The number of nitrogens with one attached hydrogen (secondary N) is 2. The third-order valence-electron chi connectivity index (χ3n) is 1.55. The van der Waals surface area contributed by atoms with Crippen LogP contribution >= 0.6 is 12.2 Å². The van der Waals surface area contributed by atoms with Crippen LogP contribution in [-0.2, 0) is 6.42 Å². The Kier molecular flexibility index (Phi) is 3.19. The molecular formula is C7H11N3OS. The van der Waals surface area contributed by atoms with E-state index in [-0.39, 0.29) is 5.56 Å². The van der Waals surface area contributed by atoms with Crippen LogP contribution in [0.1, 0.15) is 12.0 Å². The molecule has 0 spiro atoms. The van der Waals surface area contributed by atoms with Gasteiger partial charge in [-0.05, 0) is 31.6 Å². The first-order valence-corrected chi connectivity index (χ1v) is 4.16. The maximum atomic E-state index is 11.2. The first kappa shape index (κ1) is 9.15. The highest BCUT2D eigenvalue weighted by atomic mass is 32.1. The van der Waals surface area contributed by atoms with E-state index < -0.39 is 0 Å². The molecule has 1 heterocycles. The number of hydrogen-bond donors (Lipinski definition) is 3. The van der Waals surface area contributed by atoms with Crippen molar-refractivity contribution >= 4 is 12.2 Å². The normalized spacial score (nSPS) is 10.1. The van der Waals surface area contributed by atoms with Crippen molar-refractivity contribution in [2.75, 3.05) is 6.54 Å². The Bertz CT molecular complexity index is 354. The fraction of sp³-hybridized carbons (Fsp3) is 0.429. The monoisotopic (exact) mass is 185 g/mol. The second-order valence-electron chi connectivity index (χ2n) is 2.49. The van der Waals surface area contributed by atoms with Gasteiger partial charge in [0.2, 0.25) is 0 Å². The minimum Gasteiger partial charge on any atom is -0.338 e. The number of H-pyrrole nitrogens is 2. The van der Waals surface area contributed by atoms with Gasteiger partial charge in [0.05, 0.1) is 0 Å². The lowest BCUT2D eigenvalue weighted by atomic mass is 10.2. The zero-order chi connectivity index (χ0) is 8.97. The van der Waals surface area contributed by atoms with Gasteiger partial charge in [0.15, 0.2) is 4.77 Å². The quantitative estimate of drug-likeness (QED) is 0.594. The Labute approximate surface area is 74.8 Å². The molecule has 0 saturated heterocycles. The molecule has 0 amide bonds. The average Bonchev–Trinajstić information content (AvgIpc) is 2.03. The number of aryl methyl sites for hydroxylation is 1. The summed E-state index contributed by atoms with van der Waals surface area (Å²) in [5.41, 5.74) is 5.90. The van der Waals surface area contributed by atoms with Crippen molar-refractivity contribution < 1.29 is 0 Å². The minimum atomic E-state index is -0.118. The van der Waals surface area contributed by atoms with Crippen molar-refractivity contribution in [1.82, 2.24) is 9.97 Å². The highest BCUT2D eigenvalue weighted by Crippen LogP contribution is 1.91. The van der Waals surface area contributed by atoms with E-state index in [1.165, 1.54) is 0 Å². The maximum absolute atomic E-state index is 11.2. The molecule has 0 fully saturated rings. The van der Waals surface area contributed by atoms with Crippen LogP contribution < -0.4 is 11.3 Å². The zero-order valence-electron chi connectivity index (χ0n) is 6.59. The van der Waals surface area contributed by atoms with E-state index in [0.29, 0.717) is 23.3 Å². The number of nitrogens with two attached hydrogens (primary N) is 1. The Morgan fingerprint density at radius 1 is 1.58 bits per heavy atom. The fourth-order valence-electron chi connectivity index (χ4n) is 0.916. The van der Waals surface area contributed by atoms with Crippen LogP contribution in [-0.4, -0.2) is 16.5 Å². The summed E-state index contributed by atoms with van der Waals surface area (Å²) >= 11 is 4.74. The molecule has 0 unspecified atom stereocenters. The van der Waals surface area contributed by atoms with E-state index in [9.17, 15) is 4.79 Å². The number of hydrogen-bond acceptors (Lipinski definition) is 3. The van der Waals surface area contributed by atoms with Crippen molar-refractivity contribution in [3.8, 4) is 0 Å². The Morgan fingerprint density at radius 2 is 2.33 bits per heavy atom. The zero-order valence-corrected chi connectivity index (χ0v) is 7.41. The first-order valence-electron chi connectivity index (χ1n) is 3.75. The fourth-order valence-corrected chi connectivity index (χ4v) is 1.07. The van der Waals surface area contributed by atoms with E-state index in [2.05, 4.69) is 9.97 Å². The van der Waals surface area contributed by atoms with Crippen LogP contribution in [0.4, 0.5) is 0 Å². The molecule has 0 atom stereocenters. The molecule has 1 aromatic heterocycles. The van der Waals surface area contributed by atoms with E-state index in [1.807, 2.05) is 0 Å². The van der Waals surface area contributed by atoms with Gasteiger partial charge in [-0.25, -0.2) is 0 Å². The Morgan fingerprint density at radius 3 is 2.92 bits per heavy atom. The topological polar surface area (TPSA) is 74.7 Å². The third kappa shape index (κ3) is 2.28. The van der Waals surface area contributed by atoms with Gasteiger partial charge in [-0.1, -0.05) is 0 Å².